The molecule has 0 saturated heterocycles. The zero-order valence-corrected chi connectivity index (χ0v) is 14.2. The first kappa shape index (κ1) is 17.9. The highest BCUT2D eigenvalue weighted by molar-refractivity contribution is 7.89. The minimum absolute atomic E-state index is 0.117. The minimum Gasteiger partial charge on any atom is -0.373 e. The van der Waals surface area contributed by atoms with E-state index in [0.717, 1.165) is 6.42 Å². The number of hydrogen-bond acceptors (Lipinski definition) is 5. The van der Waals surface area contributed by atoms with E-state index >= 15 is 0 Å². The van der Waals surface area contributed by atoms with E-state index in [4.69, 9.17) is 0 Å². The molecule has 1 heterocycles. The number of sulfonamides is 1. The van der Waals surface area contributed by atoms with Crippen LogP contribution in [0.3, 0.4) is 0 Å². The van der Waals surface area contributed by atoms with Crippen LogP contribution in [0.5, 0.6) is 0 Å². The van der Waals surface area contributed by atoms with E-state index < -0.39 is 10.0 Å². The monoisotopic (exact) mass is 314 g/mol. The summed E-state index contributed by atoms with van der Waals surface area (Å²) in [6.45, 7) is 4.83. The predicted octanol–water partition coefficient (Wildman–Crippen LogP) is 1.38. The Morgan fingerprint density at radius 3 is 2.38 bits per heavy atom. The van der Waals surface area contributed by atoms with Gasteiger partial charge in [-0.3, -0.25) is 0 Å². The zero-order valence-electron chi connectivity index (χ0n) is 13.4. The van der Waals surface area contributed by atoms with Crippen LogP contribution >= 0.6 is 0 Å². The third-order valence-corrected chi connectivity index (χ3v) is 4.47. The number of rotatable bonds is 8. The first-order valence-electron chi connectivity index (χ1n) is 7.05. The van der Waals surface area contributed by atoms with Crippen molar-refractivity contribution in [3.05, 3.63) is 18.3 Å². The van der Waals surface area contributed by atoms with E-state index in [-0.39, 0.29) is 10.9 Å². The standard InChI is InChI=1S/C14H26N4O2S/c1-11(2)8-12(10-18(4)5)17-21(19,20)13-6-7-14(15-3)16-9-13/h6-7,9,11-12,17H,8,10H2,1-5H3,(H,15,16). The Kier molecular flexibility index (Phi) is 6.57. The van der Waals surface area contributed by atoms with E-state index in [1.165, 1.54) is 6.20 Å². The quantitative estimate of drug-likeness (QED) is 0.758. The third-order valence-electron chi connectivity index (χ3n) is 2.97. The summed E-state index contributed by atoms with van der Waals surface area (Å²) < 4.78 is 27.6. The maximum Gasteiger partial charge on any atom is 0.242 e. The molecule has 120 valence electrons. The van der Waals surface area contributed by atoms with Crippen LogP contribution in [0.2, 0.25) is 0 Å². The SMILES string of the molecule is CNc1ccc(S(=O)(=O)NC(CC(C)C)CN(C)C)cn1. The fourth-order valence-corrected chi connectivity index (χ4v) is 3.33. The topological polar surface area (TPSA) is 74.3 Å². The summed E-state index contributed by atoms with van der Waals surface area (Å²) >= 11 is 0. The van der Waals surface area contributed by atoms with Crippen molar-refractivity contribution >= 4 is 15.8 Å². The first-order valence-corrected chi connectivity index (χ1v) is 8.53. The smallest absolute Gasteiger partial charge is 0.242 e. The van der Waals surface area contributed by atoms with Crippen LogP contribution in [0, 0.1) is 5.92 Å². The van der Waals surface area contributed by atoms with Gasteiger partial charge in [-0.25, -0.2) is 18.1 Å². The van der Waals surface area contributed by atoms with Crippen molar-refractivity contribution in [1.82, 2.24) is 14.6 Å². The Labute approximate surface area is 128 Å². The second-order valence-electron chi connectivity index (χ2n) is 5.84. The van der Waals surface area contributed by atoms with Gasteiger partial charge in [0.15, 0.2) is 0 Å². The largest absolute Gasteiger partial charge is 0.373 e. The highest BCUT2D eigenvalue weighted by atomic mass is 32.2. The number of nitrogens with one attached hydrogen (secondary N) is 2. The molecule has 0 amide bonds. The summed E-state index contributed by atoms with van der Waals surface area (Å²) in [4.78, 5) is 6.22. The molecule has 0 aliphatic rings. The van der Waals surface area contributed by atoms with Crippen LogP contribution < -0.4 is 10.0 Å². The van der Waals surface area contributed by atoms with E-state index in [2.05, 4.69) is 28.9 Å². The van der Waals surface area contributed by atoms with Gasteiger partial charge in [0.1, 0.15) is 10.7 Å². The van der Waals surface area contributed by atoms with Crippen LogP contribution in [0.1, 0.15) is 20.3 Å². The molecule has 1 aromatic rings. The van der Waals surface area contributed by atoms with Crippen molar-refractivity contribution in [3.63, 3.8) is 0 Å². The van der Waals surface area contributed by atoms with Crippen LogP contribution in [0.4, 0.5) is 5.82 Å². The Bertz CT molecular complexity index is 516. The van der Waals surface area contributed by atoms with Gasteiger partial charge >= 0.3 is 0 Å². The van der Waals surface area contributed by atoms with Crippen LogP contribution in [-0.2, 0) is 10.0 Å². The summed E-state index contributed by atoms with van der Waals surface area (Å²) in [5, 5.41) is 2.87. The molecule has 2 N–H and O–H groups in total. The maximum absolute atomic E-state index is 12.4. The van der Waals surface area contributed by atoms with Crippen molar-refractivity contribution in [1.29, 1.82) is 0 Å². The Balaban J connectivity index is 2.88. The number of pyridine rings is 1. The lowest BCUT2D eigenvalue weighted by Gasteiger charge is -2.23. The molecule has 0 radical (unpaired) electrons. The number of aromatic nitrogens is 1. The van der Waals surface area contributed by atoms with Gasteiger partial charge < -0.3 is 10.2 Å². The van der Waals surface area contributed by atoms with E-state index in [1.54, 1.807) is 19.2 Å². The molecule has 1 rings (SSSR count). The lowest BCUT2D eigenvalue weighted by molar-refractivity contribution is 0.329. The first-order chi connectivity index (χ1) is 9.74. The molecule has 0 aliphatic heterocycles. The molecular formula is C14H26N4O2S. The Morgan fingerprint density at radius 2 is 1.95 bits per heavy atom. The molecule has 0 spiro atoms. The lowest BCUT2D eigenvalue weighted by Crippen LogP contribution is -2.42. The number of hydrogen-bond donors (Lipinski definition) is 2. The van der Waals surface area contributed by atoms with Crippen molar-refractivity contribution in [2.45, 2.75) is 31.2 Å². The molecule has 1 unspecified atom stereocenters. The van der Waals surface area contributed by atoms with E-state index in [9.17, 15) is 8.42 Å². The highest BCUT2D eigenvalue weighted by Gasteiger charge is 2.21. The molecule has 0 bridgehead atoms. The molecule has 1 aromatic heterocycles. The molecule has 0 saturated carbocycles. The molecule has 0 aliphatic carbocycles. The highest BCUT2D eigenvalue weighted by Crippen LogP contribution is 2.13. The summed E-state index contributed by atoms with van der Waals surface area (Å²) in [6, 6.07) is 3.09. The van der Waals surface area contributed by atoms with Gasteiger partial charge in [-0.05, 0) is 38.6 Å². The van der Waals surface area contributed by atoms with E-state index in [0.29, 0.717) is 18.3 Å². The normalized spacial score (nSPS) is 13.7. The van der Waals surface area contributed by atoms with Crippen LogP contribution in [0.15, 0.2) is 23.2 Å². The summed E-state index contributed by atoms with van der Waals surface area (Å²) in [5.41, 5.74) is 0. The number of likely N-dealkylation sites (N-methyl/N-ethyl adjacent to an activating group) is 1. The fraction of sp³-hybridized carbons (Fsp3) is 0.643. The van der Waals surface area contributed by atoms with Crippen molar-refractivity contribution in [3.8, 4) is 0 Å². The van der Waals surface area contributed by atoms with Gasteiger partial charge in [0.2, 0.25) is 10.0 Å². The van der Waals surface area contributed by atoms with Crippen molar-refractivity contribution < 1.29 is 8.42 Å². The van der Waals surface area contributed by atoms with Gasteiger partial charge in [-0.15, -0.1) is 0 Å². The van der Waals surface area contributed by atoms with Crippen molar-refractivity contribution in [2.75, 3.05) is 33.0 Å². The van der Waals surface area contributed by atoms with Crippen LogP contribution in [0.25, 0.3) is 0 Å². The Hall–Kier alpha value is -1.18. The van der Waals surface area contributed by atoms with Gasteiger partial charge in [0.05, 0.1) is 0 Å². The van der Waals surface area contributed by atoms with Gasteiger partial charge in [-0.2, -0.15) is 0 Å². The Morgan fingerprint density at radius 1 is 1.29 bits per heavy atom. The number of anilines is 1. The second-order valence-corrected chi connectivity index (χ2v) is 7.55. The van der Waals surface area contributed by atoms with Crippen LogP contribution in [-0.4, -0.2) is 52.0 Å². The minimum atomic E-state index is -3.54. The summed E-state index contributed by atoms with van der Waals surface area (Å²) in [6.07, 6.45) is 2.16. The average Bonchev–Trinajstić information content (AvgIpc) is 2.36. The third kappa shape index (κ3) is 5.99. The van der Waals surface area contributed by atoms with E-state index in [1.807, 2.05) is 19.0 Å². The summed E-state index contributed by atoms with van der Waals surface area (Å²) in [5.74, 6) is 1.06. The lowest BCUT2D eigenvalue weighted by atomic mass is 10.0. The van der Waals surface area contributed by atoms with Gasteiger partial charge in [0, 0.05) is 25.8 Å². The fourth-order valence-electron chi connectivity index (χ4n) is 2.14. The predicted molar refractivity (Wildman–Crippen MR) is 85.9 cm³/mol. The van der Waals surface area contributed by atoms with Gasteiger partial charge in [0.25, 0.3) is 0 Å². The van der Waals surface area contributed by atoms with Gasteiger partial charge in [-0.1, -0.05) is 13.8 Å². The molecule has 1 atom stereocenters. The molecule has 0 aromatic carbocycles. The molecular weight excluding hydrogens is 288 g/mol. The molecule has 6 nitrogen and oxygen atoms in total. The number of nitrogens with zero attached hydrogens (tertiary/aromatic N) is 2. The molecule has 0 fully saturated rings. The second kappa shape index (κ2) is 7.72. The summed E-state index contributed by atoms with van der Waals surface area (Å²) in [7, 11) is 2.07. The maximum atomic E-state index is 12.4. The zero-order chi connectivity index (χ0) is 16.0. The average molecular weight is 314 g/mol. The molecule has 7 heteroatoms. The molecule has 21 heavy (non-hydrogen) atoms. The van der Waals surface area contributed by atoms with Crippen molar-refractivity contribution in [2.24, 2.45) is 5.92 Å².